The molecule has 5 N–H and O–H groups in total. The van der Waals surface area contributed by atoms with Crippen LogP contribution in [0.3, 0.4) is 0 Å². The average Bonchev–Trinajstić information content (AvgIpc) is 3.08. The number of aliphatic hydroxyl groups excluding tert-OH is 1. The summed E-state index contributed by atoms with van der Waals surface area (Å²) in [6.45, 7) is 10.9. The van der Waals surface area contributed by atoms with Gasteiger partial charge in [-0.1, -0.05) is 86.3 Å². The lowest BCUT2D eigenvalue weighted by molar-refractivity contribution is -0.128. The molecule has 0 aliphatic heterocycles. The molecule has 0 aromatic heterocycles. The maximum absolute atomic E-state index is 14.1. The molecule has 1 unspecified atom stereocenters. The third-order valence-electron chi connectivity index (χ3n) is 10.1. The van der Waals surface area contributed by atoms with Gasteiger partial charge in [0.2, 0.25) is 11.8 Å². The second-order valence-corrected chi connectivity index (χ2v) is 17.2. The van der Waals surface area contributed by atoms with E-state index >= 15 is 0 Å². The van der Waals surface area contributed by atoms with Crippen molar-refractivity contribution in [3.8, 4) is 0 Å². The molecule has 11 nitrogen and oxygen atoms in total. The van der Waals surface area contributed by atoms with Crippen molar-refractivity contribution in [2.24, 2.45) is 11.8 Å². The highest BCUT2D eigenvalue weighted by molar-refractivity contribution is 5.80. The lowest BCUT2D eigenvalue weighted by Gasteiger charge is -2.35. The van der Waals surface area contributed by atoms with Crippen LogP contribution in [0.5, 0.6) is 0 Å². The number of benzene rings is 2. The number of rotatable bonds is 14. The standard InChI is InChI=1S/C43H64N4O7/c1-42(2,3)53-40(51)46-36-23-15-13-21-34(36)44-38(49)31(25-29-17-9-7-10-18-29)27-33(48)28-32(26-30-19-11-8-12-20-30)39(50)45-35-22-14-16-24-37(35)47-41(52)54-43(4,5)6/h7-12,17-20,31-37,48H,13-16,21-28H2,1-6H3,(H,44,49)(H,45,50)(H,46,51)(H,47,52)/t31-,32+,33?,34-,35-,36-,37-/m0/s1. The van der Waals surface area contributed by atoms with Crippen molar-refractivity contribution < 1.29 is 33.8 Å². The van der Waals surface area contributed by atoms with Gasteiger partial charge < -0.3 is 35.8 Å². The Labute approximate surface area is 322 Å². The number of hydrogen-bond donors (Lipinski definition) is 5. The minimum Gasteiger partial charge on any atom is -0.444 e. The summed E-state index contributed by atoms with van der Waals surface area (Å²) >= 11 is 0. The fourth-order valence-corrected chi connectivity index (χ4v) is 7.59. The third kappa shape index (κ3) is 15.0. The van der Waals surface area contributed by atoms with Crippen LogP contribution in [0.2, 0.25) is 0 Å². The molecule has 4 rings (SSSR count). The van der Waals surface area contributed by atoms with Gasteiger partial charge in [-0.25, -0.2) is 9.59 Å². The van der Waals surface area contributed by atoms with Crippen LogP contribution in [0.15, 0.2) is 60.7 Å². The summed E-state index contributed by atoms with van der Waals surface area (Å²) in [4.78, 5) is 53.6. The van der Waals surface area contributed by atoms with Crippen LogP contribution in [0, 0.1) is 11.8 Å². The Morgan fingerprint density at radius 1 is 0.574 bits per heavy atom. The molecule has 0 radical (unpaired) electrons. The van der Waals surface area contributed by atoms with Crippen LogP contribution in [0.25, 0.3) is 0 Å². The Hall–Kier alpha value is -4.12. The second kappa shape index (κ2) is 20.0. The number of alkyl carbamates (subject to hydrolysis) is 2. The molecule has 54 heavy (non-hydrogen) atoms. The van der Waals surface area contributed by atoms with Gasteiger partial charge in [0.1, 0.15) is 11.2 Å². The Kier molecular flexibility index (Phi) is 15.8. The summed E-state index contributed by atoms with van der Waals surface area (Å²) in [5.41, 5.74) is 0.657. The van der Waals surface area contributed by atoms with E-state index in [2.05, 4.69) is 21.3 Å². The topological polar surface area (TPSA) is 155 Å². The Balaban J connectivity index is 1.48. The number of amides is 4. The van der Waals surface area contributed by atoms with E-state index in [9.17, 15) is 24.3 Å². The Morgan fingerprint density at radius 2 is 0.889 bits per heavy atom. The highest BCUT2D eigenvalue weighted by atomic mass is 16.6. The number of hydrogen-bond acceptors (Lipinski definition) is 7. The van der Waals surface area contributed by atoms with Gasteiger partial charge in [0.25, 0.3) is 0 Å². The first kappa shape index (κ1) is 42.6. The third-order valence-corrected chi connectivity index (χ3v) is 10.1. The summed E-state index contributed by atoms with van der Waals surface area (Å²) in [6, 6.07) is 18.4. The van der Waals surface area contributed by atoms with Gasteiger partial charge >= 0.3 is 12.2 Å². The zero-order valence-electron chi connectivity index (χ0n) is 33.2. The molecule has 0 heterocycles. The first-order valence-corrected chi connectivity index (χ1v) is 19.9. The number of nitrogens with one attached hydrogen (secondary N) is 4. The minimum absolute atomic E-state index is 0.155. The van der Waals surface area contributed by atoms with E-state index in [1.165, 1.54) is 0 Å². The van der Waals surface area contributed by atoms with Crippen molar-refractivity contribution >= 4 is 24.0 Å². The van der Waals surface area contributed by atoms with E-state index in [0.717, 1.165) is 62.5 Å². The molecule has 2 aromatic carbocycles. The second-order valence-electron chi connectivity index (χ2n) is 17.2. The van der Waals surface area contributed by atoms with Crippen molar-refractivity contribution in [1.82, 2.24) is 21.3 Å². The maximum atomic E-state index is 14.1. The van der Waals surface area contributed by atoms with E-state index in [4.69, 9.17) is 9.47 Å². The first-order valence-electron chi connectivity index (χ1n) is 19.9. The van der Waals surface area contributed by atoms with Crippen LogP contribution in [-0.2, 0) is 31.9 Å². The number of ether oxygens (including phenoxy) is 2. The SMILES string of the molecule is CC(C)(C)OC(=O)N[C@H]1CCCC[C@@H]1NC(=O)[C@H](Cc1ccccc1)CC(O)C[C@H](Cc1ccccc1)C(=O)N[C@H]1CCCC[C@@H]1NC(=O)OC(C)(C)C. The molecule has 4 amide bonds. The molecule has 11 heteroatoms. The van der Waals surface area contributed by atoms with Gasteiger partial charge in [-0.05, 0) is 104 Å². The van der Waals surface area contributed by atoms with Crippen molar-refractivity contribution in [2.45, 2.75) is 160 Å². The van der Waals surface area contributed by atoms with Crippen LogP contribution >= 0.6 is 0 Å². The van der Waals surface area contributed by atoms with Crippen LogP contribution < -0.4 is 21.3 Å². The van der Waals surface area contributed by atoms with Gasteiger partial charge in [-0.2, -0.15) is 0 Å². The molecule has 2 fully saturated rings. The molecule has 0 bridgehead atoms. The van der Waals surface area contributed by atoms with E-state index in [1.807, 2.05) is 102 Å². The molecular formula is C43H64N4O7. The first-order chi connectivity index (χ1) is 25.5. The van der Waals surface area contributed by atoms with Crippen molar-refractivity contribution in [3.63, 3.8) is 0 Å². The van der Waals surface area contributed by atoms with E-state index < -0.39 is 41.3 Å². The van der Waals surface area contributed by atoms with E-state index in [0.29, 0.717) is 12.8 Å². The lowest BCUT2D eigenvalue weighted by Crippen LogP contribution is -2.55. The molecule has 2 aliphatic carbocycles. The van der Waals surface area contributed by atoms with Gasteiger partial charge in [-0.15, -0.1) is 0 Å². The van der Waals surface area contributed by atoms with Crippen LogP contribution in [0.1, 0.15) is 117 Å². The van der Waals surface area contributed by atoms with Gasteiger partial charge in [-0.3, -0.25) is 9.59 Å². The van der Waals surface area contributed by atoms with Crippen LogP contribution in [-0.4, -0.2) is 70.6 Å². The van der Waals surface area contributed by atoms with Crippen molar-refractivity contribution in [1.29, 1.82) is 0 Å². The van der Waals surface area contributed by atoms with Gasteiger partial charge in [0.05, 0.1) is 18.2 Å². The quantitative estimate of drug-likeness (QED) is 0.143. The normalized spacial score (nSPS) is 22.1. The fraction of sp³-hybridized carbons (Fsp3) is 0.628. The summed E-state index contributed by atoms with van der Waals surface area (Å²) in [7, 11) is 0. The summed E-state index contributed by atoms with van der Waals surface area (Å²) in [5.74, 6) is -1.54. The monoisotopic (exact) mass is 748 g/mol. The molecule has 2 saturated carbocycles. The molecular weight excluding hydrogens is 684 g/mol. The van der Waals surface area contributed by atoms with Crippen molar-refractivity contribution in [3.05, 3.63) is 71.8 Å². The fourth-order valence-electron chi connectivity index (χ4n) is 7.59. The predicted octanol–water partition coefficient (Wildman–Crippen LogP) is 6.75. The summed E-state index contributed by atoms with van der Waals surface area (Å²) in [6.07, 6.45) is 5.78. The van der Waals surface area contributed by atoms with E-state index in [-0.39, 0.29) is 48.8 Å². The highest BCUT2D eigenvalue weighted by Crippen LogP contribution is 2.26. The molecule has 298 valence electrons. The highest BCUT2D eigenvalue weighted by Gasteiger charge is 2.35. The molecule has 0 saturated heterocycles. The maximum Gasteiger partial charge on any atom is 0.407 e. The van der Waals surface area contributed by atoms with Gasteiger partial charge in [0, 0.05) is 23.9 Å². The Morgan fingerprint density at radius 3 is 1.20 bits per heavy atom. The lowest BCUT2D eigenvalue weighted by atomic mass is 9.85. The largest absolute Gasteiger partial charge is 0.444 e. The van der Waals surface area contributed by atoms with Crippen LogP contribution in [0.4, 0.5) is 9.59 Å². The number of aliphatic hydroxyl groups is 1. The Bertz CT molecular complexity index is 1380. The molecule has 7 atom stereocenters. The summed E-state index contributed by atoms with van der Waals surface area (Å²) < 4.78 is 11.0. The van der Waals surface area contributed by atoms with E-state index in [1.54, 1.807) is 0 Å². The zero-order chi connectivity index (χ0) is 39.3. The average molecular weight is 749 g/mol. The molecule has 2 aromatic rings. The molecule has 0 spiro atoms. The smallest absolute Gasteiger partial charge is 0.407 e. The predicted molar refractivity (Wildman–Crippen MR) is 210 cm³/mol. The summed E-state index contributed by atoms with van der Waals surface area (Å²) in [5, 5.41) is 24.1. The molecule has 2 aliphatic rings. The number of carbonyl (C=O) groups excluding carboxylic acids is 4. The minimum atomic E-state index is -0.951. The van der Waals surface area contributed by atoms with Crippen molar-refractivity contribution in [2.75, 3.05) is 0 Å². The zero-order valence-corrected chi connectivity index (χ0v) is 33.2. The van der Waals surface area contributed by atoms with Gasteiger partial charge in [0.15, 0.2) is 0 Å². The number of carbonyl (C=O) groups is 4.